The predicted octanol–water partition coefficient (Wildman–Crippen LogP) is 0.412. The summed E-state index contributed by atoms with van der Waals surface area (Å²) >= 11 is 1.32. The Hall–Kier alpha value is -1.08. The summed E-state index contributed by atoms with van der Waals surface area (Å²) in [7, 11) is 1.37. The zero-order valence-electron chi connectivity index (χ0n) is 9.47. The second kappa shape index (κ2) is 6.49. The third-order valence-corrected chi connectivity index (χ3v) is 2.91. The number of hydrogen-bond acceptors (Lipinski definition) is 6. The molecule has 2 N–H and O–H groups in total. The maximum atomic E-state index is 11.0. The Balaban J connectivity index is 2.71. The molecule has 0 bridgehead atoms. The summed E-state index contributed by atoms with van der Waals surface area (Å²) < 4.78 is 6.50. The monoisotopic (exact) mass is 244 g/mol. The minimum absolute atomic E-state index is 0.239. The molecular weight excluding hydrogens is 228 g/mol. The highest BCUT2D eigenvalue weighted by atomic mass is 32.2. The zero-order valence-corrected chi connectivity index (χ0v) is 10.3. The molecule has 0 aliphatic rings. The van der Waals surface area contributed by atoms with Crippen LogP contribution in [0.25, 0.3) is 0 Å². The zero-order chi connectivity index (χ0) is 12.0. The predicted molar refractivity (Wildman–Crippen MR) is 60.9 cm³/mol. The molecule has 7 heteroatoms. The lowest BCUT2D eigenvalue weighted by molar-refractivity contribution is -0.137. The average Bonchev–Trinajstić information content (AvgIpc) is 2.69. The van der Waals surface area contributed by atoms with Gasteiger partial charge in [-0.2, -0.15) is 0 Å². The van der Waals surface area contributed by atoms with Crippen LogP contribution >= 0.6 is 11.8 Å². The summed E-state index contributed by atoms with van der Waals surface area (Å²) in [5.74, 6) is 0.711. The second-order valence-electron chi connectivity index (χ2n) is 3.12. The molecule has 0 spiro atoms. The first-order valence-corrected chi connectivity index (χ1v) is 6.03. The van der Waals surface area contributed by atoms with Crippen LogP contribution in [0.15, 0.2) is 5.16 Å². The van der Waals surface area contributed by atoms with Gasteiger partial charge in [0.05, 0.1) is 19.4 Å². The van der Waals surface area contributed by atoms with Crippen molar-refractivity contribution >= 4 is 17.7 Å². The molecule has 0 unspecified atom stereocenters. The maximum Gasteiger partial charge on any atom is 0.316 e. The fourth-order valence-electron chi connectivity index (χ4n) is 1.21. The van der Waals surface area contributed by atoms with Gasteiger partial charge in [0, 0.05) is 6.54 Å². The first kappa shape index (κ1) is 13.0. The van der Waals surface area contributed by atoms with Crippen molar-refractivity contribution in [2.75, 3.05) is 12.9 Å². The normalized spacial score (nSPS) is 10.4. The van der Waals surface area contributed by atoms with Crippen molar-refractivity contribution in [1.29, 1.82) is 0 Å². The first-order chi connectivity index (χ1) is 7.72. The molecule has 90 valence electrons. The summed E-state index contributed by atoms with van der Waals surface area (Å²) in [4.78, 5) is 11.0. The third kappa shape index (κ3) is 3.21. The molecule has 0 aromatic carbocycles. The van der Waals surface area contributed by atoms with Gasteiger partial charge in [0.1, 0.15) is 5.82 Å². The van der Waals surface area contributed by atoms with Gasteiger partial charge in [0.15, 0.2) is 5.16 Å². The molecule has 0 aliphatic heterocycles. The number of nitrogens with two attached hydrogens (primary N) is 1. The lowest BCUT2D eigenvalue weighted by atomic mass is 10.4. The Labute approximate surface area is 98.6 Å². The molecule has 0 radical (unpaired) electrons. The number of carbonyl (C=O) groups is 1. The minimum Gasteiger partial charge on any atom is -0.468 e. The van der Waals surface area contributed by atoms with Crippen LogP contribution in [0.1, 0.15) is 19.2 Å². The number of rotatable bonds is 6. The average molecular weight is 244 g/mol. The fourth-order valence-corrected chi connectivity index (χ4v) is 2.02. The fraction of sp³-hybridized carbons (Fsp3) is 0.667. The molecule has 1 aromatic heterocycles. The highest BCUT2D eigenvalue weighted by Crippen LogP contribution is 2.17. The van der Waals surface area contributed by atoms with Crippen molar-refractivity contribution in [3.63, 3.8) is 0 Å². The van der Waals surface area contributed by atoms with E-state index in [1.54, 1.807) is 0 Å². The van der Waals surface area contributed by atoms with E-state index < -0.39 is 0 Å². The van der Waals surface area contributed by atoms with Crippen LogP contribution in [0, 0.1) is 0 Å². The van der Waals surface area contributed by atoms with Gasteiger partial charge in [0.25, 0.3) is 0 Å². The molecule has 1 rings (SSSR count). The number of carbonyl (C=O) groups excluding carboxylic acids is 1. The van der Waals surface area contributed by atoms with Gasteiger partial charge < -0.3 is 15.0 Å². The van der Waals surface area contributed by atoms with Crippen molar-refractivity contribution in [2.24, 2.45) is 5.73 Å². The number of esters is 1. The van der Waals surface area contributed by atoms with Crippen molar-refractivity contribution in [1.82, 2.24) is 14.8 Å². The van der Waals surface area contributed by atoms with E-state index in [4.69, 9.17) is 5.73 Å². The van der Waals surface area contributed by atoms with Crippen LogP contribution in [0.5, 0.6) is 0 Å². The molecule has 0 aliphatic carbocycles. The first-order valence-electron chi connectivity index (χ1n) is 5.04. The van der Waals surface area contributed by atoms with E-state index in [-0.39, 0.29) is 11.7 Å². The van der Waals surface area contributed by atoms with Crippen LogP contribution in [-0.4, -0.2) is 33.6 Å². The number of ether oxygens (including phenoxy) is 1. The molecule has 0 amide bonds. The molecule has 0 saturated heterocycles. The molecule has 0 atom stereocenters. The van der Waals surface area contributed by atoms with Crippen molar-refractivity contribution in [2.45, 2.75) is 31.6 Å². The molecular formula is C9H16N4O2S. The molecule has 1 heterocycles. The highest BCUT2D eigenvalue weighted by molar-refractivity contribution is 7.99. The molecule has 0 saturated carbocycles. The van der Waals surface area contributed by atoms with E-state index in [9.17, 15) is 4.79 Å². The number of nitrogens with zero attached hydrogens (tertiary/aromatic N) is 3. The second-order valence-corrected chi connectivity index (χ2v) is 4.06. The lowest BCUT2D eigenvalue weighted by Gasteiger charge is -2.06. The van der Waals surface area contributed by atoms with Crippen LogP contribution in [0.4, 0.5) is 0 Å². The quantitative estimate of drug-likeness (QED) is 0.576. The Morgan fingerprint density at radius 3 is 2.88 bits per heavy atom. The summed E-state index contributed by atoms with van der Waals surface area (Å²) in [5.41, 5.74) is 5.55. The third-order valence-electron chi connectivity index (χ3n) is 1.97. The number of aromatic nitrogens is 3. The van der Waals surface area contributed by atoms with E-state index >= 15 is 0 Å². The molecule has 6 nitrogen and oxygen atoms in total. The van der Waals surface area contributed by atoms with Gasteiger partial charge in [0.2, 0.25) is 0 Å². The molecule has 1 aromatic rings. The lowest BCUT2D eigenvalue weighted by Crippen LogP contribution is -2.10. The van der Waals surface area contributed by atoms with Crippen LogP contribution < -0.4 is 5.73 Å². The Bertz CT molecular complexity index is 353. The van der Waals surface area contributed by atoms with Crippen molar-refractivity contribution in [3.05, 3.63) is 5.82 Å². The molecule has 0 fully saturated rings. The minimum atomic E-state index is -0.273. The SMILES string of the molecule is CCCn1c(CN)nnc1SCC(=O)OC. The Morgan fingerprint density at radius 1 is 1.56 bits per heavy atom. The van der Waals surface area contributed by atoms with Crippen LogP contribution in [0.3, 0.4) is 0 Å². The van der Waals surface area contributed by atoms with Crippen LogP contribution in [0.2, 0.25) is 0 Å². The van der Waals surface area contributed by atoms with Gasteiger partial charge in [-0.1, -0.05) is 18.7 Å². The van der Waals surface area contributed by atoms with E-state index in [0.29, 0.717) is 11.7 Å². The summed E-state index contributed by atoms with van der Waals surface area (Å²) in [6.07, 6.45) is 0.969. The summed E-state index contributed by atoms with van der Waals surface area (Å²) in [6, 6.07) is 0. The van der Waals surface area contributed by atoms with Gasteiger partial charge in [-0.05, 0) is 6.42 Å². The summed E-state index contributed by atoms with van der Waals surface area (Å²) in [5, 5.41) is 8.69. The summed E-state index contributed by atoms with van der Waals surface area (Å²) in [6.45, 7) is 3.23. The topological polar surface area (TPSA) is 83.0 Å². The van der Waals surface area contributed by atoms with Gasteiger partial charge in [-0.25, -0.2) is 0 Å². The van der Waals surface area contributed by atoms with Crippen LogP contribution in [-0.2, 0) is 22.6 Å². The van der Waals surface area contributed by atoms with Gasteiger partial charge in [-0.15, -0.1) is 10.2 Å². The van der Waals surface area contributed by atoms with E-state index in [0.717, 1.165) is 18.8 Å². The number of hydrogen-bond donors (Lipinski definition) is 1. The molecule has 16 heavy (non-hydrogen) atoms. The smallest absolute Gasteiger partial charge is 0.316 e. The Morgan fingerprint density at radius 2 is 2.31 bits per heavy atom. The highest BCUT2D eigenvalue weighted by Gasteiger charge is 2.12. The van der Waals surface area contributed by atoms with Crippen molar-refractivity contribution < 1.29 is 9.53 Å². The standard InChI is InChI=1S/C9H16N4O2S/c1-3-4-13-7(5-10)11-12-9(13)16-6-8(14)15-2/h3-6,10H2,1-2H3. The van der Waals surface area contributed by atoms with Crippen molar-refractivity contribution in [3.8, 4) is 0 Å². The largest absolute Gasteiger partial charge is 0.468 e. The number of methoxy groups -OCH3 is 1. The number of thioether (sulfide) groups is 1. The Kier molecular flexibility index (Phi) is 5.27. The maximum absolute atomic E-state index is 11.0. The van der Waals surface area contributed by atoms with Gasteiger partial charge in [-0.3, -0.25) is 4.79 Å². The van der Waals surface area contributed by atoms with E-state index in [1.807, 2.05) is 4.57 Å². The van der Waals surface area contributed by atoms with E-state index in [2.05, 4.69) is 21.9 Å². The van der Waals surface area contributed by atoms with E-state index in [1.165, 1.54) is 18.9 Å². The van der Waals surface area contributed by atoms with Gasteiger partial charge >= 0.3 is 5.97 Å².